The van der Waals surface area contributed by atoms with Crippen molar-refractivity contribution in [3.8, 4) is 0 Å². The van der Waals surface area contributed by atoms with E-state index < -0.39 is 5.97 Å². The number of rotatable bonds is 8. The van der Waals surface area contributed by atoms with Crippen molar-refractivity contribution in [1.29, 1.82) is 0 Å². The maximum absolute atomic E-state index is 11.1. The lowest BCUT2D eigenvalue weighted by Crippen LogP contribution is -2.23. The largest absolute Gasteiger partial charge is 0.478 e. The molecule has 2 aromatic rings. The van der Waals surface area contributed by atoms with Crippen molar-refractivity contribution in [1.82, 2.24) is 9.97 Å². The number of aromatic carboxylic acids is 1. The van der Waals surface area contributed by atoms with E-state index in [1.165, 1.54) is 0 Å². The summed E-state index contributed by atoms with van der Waals surface area (Å²) >= 11 is 0. The number of benzene rings is 1. The molecule has 2 N–H and O–H groups in total. The number of anilines is 3. The Morgan fingerprint density at radius 1 is 1.17 bits per heavy atom. The van der Waals surface area contributed by atoms with Gasteiger partial charge in [0.25, 0.3) is 0 Å². The number of aromatic nitrogens is 2. The lowest BCUT2D eigenvalue weighted by molar-refractivity contribution is 0.0697. The quantitative estimate of drug-likeness (QED) is 0.769. The molecule has 1 aromatic carbocycles. The maximum Gasteiger partial charge on any atom is 0.335 e. The summed E-state index contributed by atoms with van der Waals surface area (Å²) < 4.78 is 0. The lowest BCUT2D eigenvalue weighted by Gasteiger charge is -2.21. The number of carboxylic acid groups (broad SMARTS) is 1. The molecule has 6 nitrogen and oxygen atoms in total. The van der Waals surface area contributed by atoms with Crippen molar-refractivity contribution in [3.05, 3.63) is 41.6 Å². The number of nitrogens with zero attached hydrogens (tertiary/aromatic N) is 3. The molecule has 0 amide bonds. The van der Waals surface area contributed by atoms with Crippen LogP contribution in [-0.2, 0) is 6.42 Å². The van der Waals surface area contributed by atoms with Gasteiger partial charge < -0.3 is 15.3 Å². The van der Waals surface area contributed by atoms with E-state index in [9.17, 15) is 4.79 Å². The first-order chi connectivity index (χ1) is 11.6. The third kappa shape index (κ3) is 4.44. The number of hydrogen-bond acceptors (Lipinski definition) is 5. The Morgan fingerprint density at radius 3 is 2.54 bits per heavy atom. The zero-order valence-electron chi connectivity index (χ0n) is 14.4. The monoisotopic (exact) mass is 328 g/mol. The Hall–Kier alpha value is -2.63. The van der Waals surface area contributed by atoms with Crippen LogP contribution in [0.15, 0.2) is 30.3 Å². The molecule has 6 heteroatoms. The van der Waals surface area contributed by atoms with Gasteiger partial charge in [-0.1, -0.05) is 19.4 Å². The summed E-state index contributed by atoms with van der Waals surface area (Å²) in [5, 5.41) is 12.2. The second-order valence-corrected chi connectivity index (χ2v) is 5.47. The van der Waals surface area contributed by atoms with Crippen molar-refractivity contribution in [3.63, 3.8) is 0 Å². The van der Waals surface area contributed by atoms with Gasteiger partial charge in [0, 0.05) is 30.5 Å². The normalized spacial score (nSPS) is 10.5. The van der Waals surface area contributed by atoms with Crippen LogP contribution in [0.5, 0.6) is 0 Å². The van der Waals surface area contributed by atoms with Gasteiger partial charge in [0.1, 0.15) is 5.82 Å². The van der Waals surface area contributed by atoms with Crippen LogP contribution in [0.2, 0.25) is 0 Å². The summed E-state index contributed by atoms with van der Waals surface area (Å²) in [5.74, 6) is 0.420. The molecule has 0 saturated carbocycles. The fourth-order valence-corrected chi connectivity index (χ4v) is 2.49. The van der Waals surface area contributed by atoms with Gasteiger partial charge >= 0.3 is 5.97 Å². The molecule has 0 fully saturated rings. The van der Waals surface area contributed by atoms with E-state index in [4.69, 9.17) is 5.11 Å². The third-order valence-corrected chi connectivity index (χ3v) is 3.72. The lowest BCUT2D eigenvalue weighted by atomic mass is 10.2. The topological polar surface area (TPSA) is 78.4 Å². The summed E-state index contributed by atoms with van der Waals surface area (Å²) in [6.07, 6.45) is 1.88. The molecule has 0 aliphatic rings. The van der Waals surface area contributed by atoms with E-state index in [-0.39, 0.29) is 5.56 Å². The fraction of sp³-hybridized carbons (Fsp3) is 0.389. The standard InChI is InChI=1S/C18H24N4O2/c1-4-8-14-12-16(22(5-2)6-3)21-18(19-14)20-15-10-7-9-13(11-15)17(23)24/h7,9-12H,4-6,8H2,1-3H3,(H,23,24)(H,19,20,21). The molecule has 24 heavy (non-hydrogen) atoms. The highest BCUT2D eigenvalue weighted by Crippen LogP contribution is 2.20. The van der Waals surface area contributed by atoms with Gasteiger partial charge in [-0.15, -0.1) is 0 Å². The second-order valence-electron chi connectivity index (χ2n) is 5.47. The zero-order chi connectivity index (χ0) is 17.5. The van der Waals surface area contributed by atoms with Crippen LogP contribution in [0, 0.1) is 0 Å². The molecule has 0 spiro atoms. The van der Waals surface area contributed by atoms with Gasteiger partial charge in [0.15, 0.2) is 0 Å². The number of hydrogen-bond donors (Lipinski definition) is 2. The van der Waals surface area contributed by atoms with Crippen LogP contribution in [0.25, 0.3) is 0 Å². The molecule has 0 aliphatic carbocycles. The zero-order valence-corrected chi connectivity index (χ0v) is 14.4. The first-order valence-corrected chi connectivity index (χ1v) is 8.30. The molecule has 0 bridgehead atoms. The molecule has 1 heterocycles. The molecule has 1 aromatic heterocycles. The Bertz CT molecular complexity index is 699. The summed E-state index contributed by atoms with van der Waals surface area (Å²) in [6, 6.07) is 8.67. The first-order valence-electron chi connectivity index (χ1n) is 8.30. The van der Waals surface area contributed by atoms with Crippen LogP contribution in [0.3, 0.4) is 0 Å². The van der Waals surface area contributed by atoms with Gasteiger partial charge in [-0.25, -0.2) is 9.78 Å². The third-order valence-electron chi connectivity index (χ3n) is 3.72. The molecule has 0 saturated heterocycles. The van der Waals surface area contributed by atoms with Crippen molar-refractivity contribution in [2.45, 2.75) is 33.6 Å². The van der Waals surface area contributed by atoms with Crippen molar-refractivity contribution < 1.29 is 9.90 Å². The van der Waals surface area contributed by atoms with Crippen molar-refractivity contribution in [2.75, 3.05) is 23.3 Å². The predicted octanol–water partition coefficient (Wildman–Crippen LogP) is 3.72. The van der Waals surface area contributed by atoms with Gasteiger partial charge in [-0.2, -0.15) is 4.98 Å². The summed E-state index contributed by atoms with van der Waals surface area (Å²) in [5.41, 5.74) is 1.87. The average Bonchev–Trinajstić information content (AvgIpc) is 2.56. The Balaban J connectivity index is 2.34. The average molecular weight is 328 g/mol. The first kappa shape index (κ1) is 17.7. The highest BCUT2D eigenvalue weighted by molar-refractivity contribution is 5.89. The smallest absolute Gasteiger partial charge is 0.335 e. The minimum absolute atomic E-state index is 0.230. The highest BCUT2D eigenvalue weighted by atomic mass is 16.4. The number of carbonyl (C=O) groups is 1. The van der Waals surface area contributed by atoms with E-state index in [1.54, 1.807) is 24.3 Å². The van der Waals surface area contributed by atoms with Crippen LogP contribution < -0.4 is 10.2 Å². The van der Waals surface area contributed by atoms with E-state index in [0.717, 1.165) is 37.4 Å². The van der Waals surface area contributed by atoms with Crippen LogP contribution >= 0.6 is 0 Å². The number of aryl methyl sites for hydroxylation is 1. The minimum Gasteiger partial charge on any atom is -0.478 e. The molecule has 0 atom stereocenters. The maximum atomic E-state index is 11.1. The van der Waals surface area contributed by atoms with Crippen molar-refractivity contribution >= 4 is 23.4 Å². The summed E-state index contributed by atoms with van der Waals surface area (Å²) in [4.78, 5) is 22.4. The molecular weight excluding hydrogens is 304 g/mol. The Morgan fingerprint density at radius 2 is 1.92 bits per heavy atom. The second kappa shape index (κ2) is 8.29. The van der Waals surface area contributed by atoms with Crippen LogP contribution in [-0.4, -0.2) is 34.1 Å². The van der Waals surface area contributed by atoms with Gasteiger partial charge in [-0.3, -0.25) is 0 Å². The highest BCUT2D eigenvalue weighted by Gasteiger charge is 2.10. The molecule has 128 valence electrons. The summed E-state index contributed by atoms with van der Waals surface area (Å²) in [7, 11) is 0. The van der Waals surface area contributed by atoms with Gasteiger partial charge in [0.2, 0.25) is 5.95 Å². The molecule has 0 radical (unpaired) electrons. The SMILES string of the molecule is CCCc1cc(N(CC)CC)nc(Nc2cccc(C(=O)O)c2)n1. The predicted molar refractivity (Wildman–Crippen MR) is 96.3 cm³/mol. The van der Waals surface area contributed by atoms with Crippen LogP contribution in [0.4, 0.5) is 17.5 Å². The molecule has 0 unspecified atom stereocenters. The van der Waals surface area contributed by atoms with Gasteiger partial charge in [-0.05, 0) is 38.5 Å². The van der Waals surface area contributed by atoms with Crippen LogP contribution in [0.1, 0.15) is 43.2 Å². The van der Waals surface area contributed by atoms with Gasteiger partial charge in [0.05, 0.1) is 5.56 Å². The summed E-state index contributed by atoms with van der Waals surface area (Å²) in [6.45, 7) is 8.03. The Labute approximate surface area is 142 Å². The number of nitrogens with one attached hydrogen (secondary N) is 1. The molecule has 0 aliphatic heterocycles. The van der Waals surface area contributed by atoms with E-state index in [1.807, 2.05) is 6.07 Å². The van der Waals surface area contributed by atoms with E-state index in [2.05, 4.69) is 41.0 Å². The van der Waals surface area contributed by atoms with E-state index in [0.29, 0.717) is 11.6 Å². The Kier molecular flexibility index (Phi) is 6.12. The molecule has 2 rings (SSSR count). The minimum atomic E-state index is -0.955. The number of carboxylic acids is 1. The van der Waals surface area contributed by atoms with E-state index >= 15 is 0 Å². The van der Waals surface area contributed by atoms with Crippen molar-refractivity contribution in [2.24, 2.45) is 0 Å². The fourth-order valence-electron chi connectivity index (χ4n) is 2.49. The molecular formula is C18H24N4O2.